The standard InChI is InChI=1S/C15H23N3O3/c1-16-9-6-10-18(2)15(21)17-13(14(19)20)11-12-7-4-3-5-8-12/h3-5,7-8,13,16H,6,9-11H2,1-2H3,(H,17,21)(H,19,20). The molecule has 0 aliphatic rings. The molecule has 0 aliphatic carbocycles. The molecule has 1 aromatic carbocycles. The van der Waals surface area contributed by atoms with Crippen LogP contribution in [0.2, 0.25) is 0 Å². The van der Waals surface area contributed by atoms with Crippen molar-refractivity contribution in [3.63, 3.8) is 0 Å². The SMILES string of the molecule is CNCCCN(C)C(=O)NC(Cc1ccccc1)C(=O)O. The minimum absolute atomic E-state index is 0.270. The smallest absolute Gasteiger partial charge is 0.326 e. The Balaban J connectivity index is 2.54. The van der Waals surface area contributed by atoms with Gasteiger partial charge in [-0.3, -0.25) is 0 Å². The summed E-state index contributed by atoms with van der Waals surface area (Å²) in [6.07, 6.45) is 1.09. The van der Waals surface area contributed by atoms with E-state index < -0.39 is 12.0 Å². The van der Waals surface area contributed by atoms with Crippen molar-refractivity contribution in [3.8, 4) is 0 Å². The predicted octanol–water partition coefficient (Wildman–Crippen LogP) is 0.933. The summed E-state index contributed by atoms with van der Waals surface area (Å²) in [5, 5.41) is 14.8. The number of urea groups is 1. The topological polar surface area (TPSA) is 81.7 Å². The molecule has 3 N–H and O–H groups in total. The number of benzene rings is 1. The molecular formula is C15H23N3O3. The van der Waals surface area contributed by atoms with E-state index in [1.165, 1.54) is 4.90 Å². The third-order valence-electron chi connectivity index (χ3n) is 3.15. The molecule has 1 rings (SSSR count). The largest absolute Gasteiger partial charge is 0.480 e. The number of hydrogen-bond acceptors (Lipinski definition) is 3. The van der Waals surface area contributed by atoms with Crippen molar-refractivity contribution >= 4 is 12.0 Å². The van der Waals surface area contributed by atoms with E-state index in [1.54, 1.807) is 7.05 Å². The molecule has 1 atom stereocenters. The highest BCUT2D eigenvalue weighted by Gasteiger charge is 2.21. The Bertz CT molecular complexity index is 451. The van der Waals surface area contributed by atoms with Crippen molar-refractivity contribution < 1.29 is 14.7 Å². The second-order valence-corrected chi connectivity index (χ2v) is 4.91. The van der Waals surface area contributed by atoms with Crippen molar-refractivity contribution in [2.45, 2.75) is 18.9 Å². The maximum Gasteiger partial charge on any atom is 0.326 e. The lowest BCUT2D eigenvalue weighted by Crippen LogP contribution is -2.48. The molecule has 0 aromatic heterocycles. The zero-order valence-corrected chi connectivity index (χ0v) is 12.5. The Hall–Kier alpha value is -2.08. The quantitative estimate of drug-likeness (QED) is 0.623. The fourth-order valence-corrected chi connectivity index (χ4v) is 1.90. The number of carbonyl (C=O) groups excluding carboxylic acids is 1. The van der Waals surface area contributed by atoms with Gasteiger partial charge in [-0.05, 0) is 25.6 Å². The van der Waals surface area contributed by atoms with Gasteiger partial charge in [-0.1, -0.05) is 30.3 Å². The van der Waals surface area contributed by atoms with Crippen LogP contribution in [0, 0.1) is 0 Å². The highest BCUT2D eigenvalue weighted by molar-refractivity contribution is 5.82. The molecule has 0 saturated carbocycles. The van der Waals surface area contributed by atoms with Gasteiger partial charge in [0.1, 0.15) is 6.04 Å². The van der Waals surface area contributed by atoms with Crippen LogP contribution in [0.3, 0.4) is 0 Å². The molecule has 0 saturated heterocycles. The molecule has 0 spiro atoms. The third kappa shape index (κ3) is 6.27. The zero-order valence-electron chi connectivity index (χ0n) is 12.5. The number of nitrogens with zero attached hydrogens (tertiary/aromatic N) is 1. The summed E-state index contributed by atoms with van der Waals surface area (Å²) in [5.74, 6) is -1.03. The van der Waals surface area contributed by atoms with Crippen LogP contribution in [0.5, 0.6) is 0 Å². The van der Waals surface area contributed by atoms with Gasteiger partial charge in [0.2, 0.25) is 0 Å². The van der Waals surface area contributed by atoms with Gasteiger partial charge < -0.3 is 20.6 Å². The molecule has 0 radical (unpaired) electrons. The van der Waals surface area contributed by atoms with Crippen LogP contribution in [-0.2, 0) is 11.2 Å². The monoisotopic (exact) mass is 293 g/mol. The molecule has 6 heteroatoms. The fraction of sp³-hybridized carbons (Fsp3) is 0.467. The van der Waals surface area contributed by atoms with Gasteiger partial charge in [0.15, 0.2) is 0 Å². The van der Waals surface area contributed by atoms with Crippen LogP contribution in [0.15, 0.2) is 30.3 Å². The van der Waals surface area contributed by atoms with Crippen molar-refractivity contribution in [3.05, 3.63) is 35.9 Å². The zero-order chi connectivity index (χ0) is 15.7. The Morgan fingerprint density at radius 1 is 1.29 bits per heavy atom. The Kier molecular flexibility index (Phi) is 7.25. The third-order valence-corrected chi connectivity index (χ3v) is 3.15. The first-order valence-corrected chi connectivity index (χ1v) is 6.97. The summed E-state index contributed by atoms with van der Waals surface area (Å²) >= 11 is 0. The average Bonchev–Trinajstić information content (AvgIpc) is 2.47. The van der Waals surface area contributed by atoms with E-state index in [0.717, 1.165) is 18.5 Å². The normalized spacial score (nSPS) is 11.7. The first-order chi connectivity index (χ1) is 10.0. The van der Waals surface area contributed by atoms with Crippen molar-refractivity contribution in [1.29, 1.82) is 0 Å². The number of carboxylic acids is 1. The van der Waals surface area contributed by atoms with Gasteiger partial charge >= 0.3 is 12.0 Å². The van der Waals surface area contributed by atoms with Gasteiger partial charge in [0.25, 0.3) is 0 Å². The highest BCUT2D eigenvalue weighted by atomic mass is 16.4. The Morgan fingerprint density at radius 3 is 2.52 bits per heavy atom. The lowest BCUT2D eigenvalue weighted by Gasteiger charge is -2.21. The molecule has 6 nitrogen and oxygen atoms in total. The molecule has 1 unspecified atom stereocenters. The number of aliphatic carboxylic acids is 1. The predicted molar refractivity (Wildman–Crippen MR) is 81.3 cm³/mol. The fourth-order valence-electron chi connectivity index (χ4n) is 1.90. The molecule has 0 heterocycles. The minimum Gasteiger partial charge on any atom is -0.480 e. The molecule has 1 aromatic rings. The van der Waals surface area contributed by atoms with Crippen LogP contribution in [-0.4, -0.2) is 55.2 Å². The van der Waals surface area contributed by atoms with Crippen LogP contribution in [0.25, 0.3) is 0 Å². The van der Waals surface area contributed by atoms with Gasteiger partial charge in [0, 0.05) is 20.0 Å². The van der Waals surface area contributed by atoms with Crippen LogP contribution >= 0.6 is 0 Å². The highest BCUT2D eigenvalue weighted by Crippen LogP contribution is 2.04. The van der Waals surface area contributed by atoms with E-state index in [0.29, 0.717) is 6.54 Å². The van der Waals surface area contributed by atoms with Gasteiger partial charge in [-0.2, -0.15) is 0 Å². The van der Waals surface area contributed by atoms with E-state index in [-0.39, 0.29) is 12.5 Å². The second-order valence-electron chi connectivity index (χ2n) is 4.91. The van der Waals surface area contributed by atoms with Gasteiger partial charge in [-0.15, -0.1) is 0 Å². The summed E-state index contributed by atoms with van der Waals surface area (Å²) in [6, 6.07) is 7.96. The molecule has 0 bridgehead atoms. The summed E-state index contributed by atoms with van der Waals surface area (Å²) in [4.78, 5) is 24.8. The second kappa shape index (κ2) is 8.97. The van der Waals surface area contributed by atoms with Crippen molar-refractivity contribution in [2.75, 3.05) is 27.2 Å². The van der Waals surface area contributed by atoms with Crippen molar-refractivity contribution in [2.24, 2.45) is 0 Å². The van der Waals surface area contributed by atoms with E-state index in [2.05, 4.69) is 10.6 Å². The van der Waals surface area contributed by atoms with Crippen LogP contribution in [0.4, 0.5) is 4.79 Å². The average molecular weight is 293 g/mol. The number of carbonyl (C=O) groups is 2. The molecule has 0 aliphatic heterocycles. The molecule has 2 amide bonds. The molecule has 0 fully saturated rings. The number of rotatable bonds is 8. The lowest BCUT2D eigenvalue weighted by atomic mass is 10.1. The number of hydrogen-bond donors (Lipinski definition) is 3. The summed E-state index contributed by atoms with van der Waals surface area (Å²) in [6.45, 7) is 1.38. The van der Waals surface area contributed by atoms with Crippen LogP contribution < -0.4 is 10.6 Å². The summed E-state index contributed by atoms with van der Waals surface area (Å²) in [5.41, 5.74) is 0.878. The van der Waals surface area contributed by atoms with E-state index in [4.69, 9.17) is 0 Å². The summed E-state index contributed by atoms with van der Waals surface area (Å²) in [7, 11) is 3.51. The van der Waals surface area contributed by atoms with Crippen LogP contribution in [0.1, 0.15) is 12.0 Å². The van der Waals surface area contributed by atoms with E-state index >= 15 is 0 Å². The summed E-state index contributed by atoms with van der Waals surface area (Å²) < 4.78 is 0. The maximum atomic E-state index is 12.0. The number of amides is 2. The minimum atomic E-state index is -1.03. The molecule has 116 valence electrons. The first-order valence-electron chi connectivity index (χ1n) is 6.97. The maximum absolute atomic E-state index is 12.0. The Morgan fingerprint density at radius 2 is 1.95 bits per heavy atom. The van der Waals surface area contributed by atoms with E-state index in [1.807, 2.05) is 37.4 Å². The molecular weight excluding hydrogens is 270 g/mol. The number of nitrogens with one attached hydrogen (secondary N) is 2. The van der Waals surface area contributed by atoms with Gasteiger partial charge in [0.05, 0.1) is 0 Å². The molecule has 21 heavy (non-hydrogen) atoms. The van der Waals surface area contributed by atoms with E-state index in [9.17, 15) is 14.7 Å². The first kappa shape index (κ1) is 17.0. The van der Waals surface area contributed by atoms with Crippen molar-refractivity contribution in [1.82, 2.24) is 15.5 Å². The Labute approximate surface area is 125 Å². The number of carboxylic acid groups (broad SMARTS) is 1. The lowest BCUT2D eigenvalue weighted by molar-refractivity contribution is -0.139. The van der Waals surface area contributed by atoms with Gasteiger partial charge in [-0.25, -0.2) is 9.59 Å².